The molecule has 1 heterocycles. The molecular formula is C14H19Cl2N3O3S. The van der Waals surface area contributed by atoms with Crippen LogP contribution in [0, 0.1) is 0 Å². The Bertz CT molecular complexity index is 687. The highest BCUT2D eigenvalue weighted by atomic mass is 35.5. The van der Waals surface area contributed by atoms with Gasteiger partial charge >= 0.3 is 0 Å². The van der Waals surface area contributed by atoms with Crippen molar-refractivity contribution in [3.63, 3.8) is 0 Å². The van der Waals surface area contributed by atoms with Crippen LogP contribution in [0.15, 0.2) is 18.2 Å². The van der Waals surface area contributed by atoms with E-state index < -0.39 is 10.2 Å². The highest BCUT2D eigenvalue weighted by Crippen LogP contribution is 2.22. The Labute approximate surface area is 146 Å². The molecule has 0 spiro atoms. The lowest BCUT2D eigenvalue weighted by molar-refractivity contribution is 0.0923. The van der Waals surface area contributed by atoms with Crippen molar-refractivity contribution in [3.8, 4) is 0 Å². The lowest BCUT2D eigenvalue weighted by atomic mass is 10.1. The number of halogens is 2. The summed E-state index contributed by atoms with van der Waals surface area (Å²) in [7, 11) is -0.392. The van der Waals surface area contributed by atoms with Gasteiger partial charge in [-0.25, -0.2) is 0 Å². The second-order valence-electron chi connectivity index (χ2n) is 5.56. The van der Waals surface area contributed by atoms with Crippen molar-refractivity contribution in [2.24, 2.45) is 0 Å². The summed E-state index contributed by atoms with van der Waals surface area (Å²) in [6.07, 6.45) is 1.11. The van der Waals surface area contributed by atoms with E-state index >= 15 is 0 Å². The fraction of sp³-hybridized carbons (Fsp3) is 0.500. The Morgan fingerprint density at radius 1 is 1.26 bits per heavy atom. The number of carbonyl (C=O) groups excluding carboxylic acids is 1. The minimum Gasteiger partial charge on any atom is -0.349 e. The molecule has 128 valence electrons. The molecule has 1 N–H and O–H groups in total. The topological polar surface area (TPSA) is 69.7 Å². The van der Waals surface area contributed by atoms with Gasteiger partial charge in [-0.1, -0.05) is 23.2 Å². The van der Waals surface area contributed by atoms with Gasteiger partial charge < -0.3 is 5.32 Å². The zero-order valence-electron chi connectivity index (χ0n) is 12.9. The molecule has 23 heavy (non-hydrogen) atoms. The summed E-state index contributed by atoms with van der Waals surface area (Å²) in [5.74, 6) is -0.300. The first-order chi connectivity index (χ1) is 10.7. The summed E-state index contributed by atoms with van der Waals surface area (Å²) in [5, 5.41) is 3.66. The van der Waals surface area contributed by atoms with Crippen LogP contribution in [0.2, 0.25) is 10.0 Å². The third-order valence-electron chi connectivity index (χ3n) is 3.75. The Morgan fingerprint density at radius 2 is 1.87 bits per heavy atom. The van der Waals surface area contributed by atoms with Crippen molar-refractivity contribution in [1.29, 1.82) is 0 Å². The van der Waals surface area contributed by atoms with Gasteiger partial charge in [-0.15, -0.1) is 0 Å². The van der Waals surface area contributed by atoms with Gasteiger partial charge in [0.15, 0.2) is 0 Å². The van der Waals surface area contributed by atoms with Crippen LogP contribution in [0.4, 0.5) is 0 Å². The Balaban J connectivity index is 1.97. The summed E-state index contributed by atoms with van der Waals surface area (Å²) < 4.78 is 26.7. The smallest absolute Gasteiger partial charge is 0.281 e. The van der Waals surface area contributed by atoms with Crippen LogP contribution in [-0.4, -0.2) is 56.2 Å². The summed E-state index contributed by atoms with van der Waals surface area (Å²) in [4.78, 5) is 12.3. The fourth-order valence-electron chi connectivity index (χ4n) is 2.40. The first-order valence-corrected chi connectivity index (χ1v) is 9.30. The van der Waals surface area contributed by atoms with E-state index in [4.69, 9.17) is 23.2 Å². The average molecular weight is 380 g/mol. The van der Waals surface area contributed by atoms with Gasteiger partial charge in [0.2, 0.25) is 0 Å². The third kappa shape index (κ3) is 4.36. The number of piperidine rings is 1. The second-order valence-corrected chi connectivity index (χ2v) is 8.55. The largest absolute Gasteiger partial charge is 0.349 e. The first kappa shape index (κ1) is 18.5. The molecule has 1 aromatic rings. The van der Waals surface area contributed by atoms with Crippen LogP contribution >= 0.6 is 23.2 Å². The molecule has 1 aliphatic heterocycles. The molecule has 0 radical (unpaired) electrons. The van der Waals surface area contributed by atoms with E-state index in [1.165, 1.54) is 28.8 Å². The molecule has 1 fully saturated rings. The van der Waals surface area contributed by atoms with Crippen LogP contribution in [0.5, 0.6) is 0 Å². The molecule has 0 aromatic heterocycles. The predicted octanol–water partition coefficient (Wildman–Crippen LogP) is 1.99. The van der Waals surface area contributed by atoms with Gasteiger partial charge in [0.1, 0.15) is 0 Å². The molecule has 9 heteroatoms. The average Bonchev–Trinajstić information content (AvgIpc) is 2.50. The number of benzene rings is 1. The molecule has 0 aliphatic carbocycles. The maximum Gasteiger partial charge on any atom is 0.281 e. The van der Waals surface area contributed by atoms with Crippen molar-refractivity contribution in [2.45, 2.75) is 18.9 Å². The first-order valence-electron chi connectivity index (χ1n) is 7.15. The molecule has 1 aromatic carbocycles. The van der Waals surface area contributed by atoms with Gasteiger partial charge in [0.25, 0.3) is 16.1 Å². The van der Waals surface area contributed by atoms with E-state index in [0.717, 1.165) is 0 Å². The molecule has 0 bridgehead atoms. The molecule has 1 aliphatic rings. The van der Waals surface area contributed by atoms with Crippen molar-refractivity contribution < 1.29 is 13.2 Å². The molecule has 1 saturated heterocycles. The van der Waals surface area contributed by atoms with Crippen LogP contribution in [-0.2, 0) is 10.2 Å². The number of hydrogen-bond acceptors (Lipinski definition) is 3. The molecule has 0 unspecified atom stereocenters. The number of amides is 1. The van der Waals surface area contributed by atoms with Crippen LogP contribution in [0.3, 0.4) is 0 Å². The minimum absolute atomic E-state index is 0.0915. The third-order valence-corrected chi connectivity index (χ3v) is 6.26. The van der Waals surface area contributed by atoms with E-state index in [-0.39, 0.29) is 11.9 Å². The number of rotatable bonds is 4. The van der Waals surface area contributed by atoms with Crippen molar-refractivity contribution in [3.05, 3.63) is 33.8 Å². The molecule has 0 saturated carbocycles. The highest BCUT2D eigenvalue weighted by molar-refractivity contribution is 7.86. The van der Waals surface area contributed by atoms with Gasteiger partial charge in [-0.3, -0.25) is 4.79 Å². The number of hydrogen-bond donors (Lipinski definition) is 1. The van der Waals surface area contributed by atoms with E-state index in [1.807, 2.05) is 0 Å². The molecule has 6 nitrogen and oxygen atoms in total. The summed E-state index contributed by atoms with van der Waals surface area (Å²) in [6, 6.07) is 4.62. The Kier molecular flexibility index (Phi) is 5.91. The highest BCUT2D eigenvalue weighted by Gasteiger charge is 2.30. The summed E-state index contributed by atoms with van der Waals surface area (Å²) >= 11 is 11.9. The Morgan fingerprint density at radius 3 is 2.43 bits per heavy atom. The maximum absolute atomic E-state index is 12.3. The second kappa shape index (κ2) is 7.36. The monoisotopic (exact) mass is 379 g/mol. The summed E-state index contributed by atoms with van der Waals surface area (Å²) in [5.41, 5.74) is 0.322. The lowest BCUT2D eigenvalue weighted by Crippen LogP contribution is -2.49. The quantitative estimate of drug-likeness (QED) is 0.869. The maximum atomic E-state index is 12.3. The van der Waals surface area contributed by atoms with Gasteiger partial charge in [-0.2, -0.15) is 17.0 Å². The molecular weight excluding hydrogens is 361 g/mol. The molecule has 2 rings (SSSR count). The minimum atomic E-state index is -3.40. The van der Waals surface area contributed by atoms with Gasteiger partial charge in [0, 0.05) is 38.2 Å². The van der Waals surface area contributed by atoms with Crippen LogP contribution < -0.4 is 5.32 Å². The lowest BCUT2D eigenvalue weighted by Gasteiger charge is -2.33. The van der Waals surface area contributed by atoms with Gasteiger partial charge in [-0.05, 0) is 31.0 Å². The van der Waals surface area contributed by atoms with Crippen molar-refractivity contribution >= 4 is 39.3 Å². The van der Waals surface area contributed by atoms with Crippen molar-refractivity contribution in [1.82, 2.24) is 13.9 Å². The van der Waals surface area contributed by atoms with E-state index in [1.54, 1.807) is 12.1 Å². The Hall–Kier alpha value is -0.860. The zero-order chi connectivity index (χ0) is 17.2. The standard InChI is InChI=1S/C14H19Cl2N3O3S/c1-18(2)23(21,22)19-7-5-11(6-8-19)17-14(20)12-9-10(15)3-4-13(12)16/h3-4,9,11H,5-8H2,1-2H3,(H,17,20). The molecule has 1 amide bonds. The molecule has 0 atom stereocenters. The fourth-order valence-corrected chi connectivity index (χ4v) is 3.91. The van der Waals surface area contributed by atoms with Gasteiger partial charge in [0.05, 0.1) is 10.6 Å². The van der Waals surface area contributed by atoms with Crippen LogP contribution in [0.1, 0.15) is 23.2 Å². The summed E-state index contributed by atoms with van der Waals surface area (Å²) in [6.45, 7) is 0.740. The number of nitrogens with one attached hydrogen (secondary N) is 1. The van der Waals surface area contributed by atoms with E-state index in [2.05, 4.69) is 5.32 Å². The number of nitrogens with zero attached hydrogens (tertiary/aromatic N) is 2. The van der Waals surface area contributed by atoms with E-state index in [0.29, 0.717) is 41.5 Å². The van der Waals surface area contributed by atoms with Crippen molar-refractivity contribution in [2.75, 3.05) is 27.2 Å². The van der Waals surface area contributed by atoms with E-state index in [9.17, 15) is 13.2 Å². The SMILES string of the molecule is CN(C)S(=O)(=O)N1CCC(NC(=O)c2cc(Cl)ccc2Cl)CC1. The normalized spacial score (nSPS) is 17.4. The number of carbonyl (C=O) groups is 1. The predicted molar refractivity (Wildman–Crippen MR) is 91.1 cm³/mol. The zero-order valence-corrected chi connectivity index (χ0v) is 15.2. The van der Waals surface area contributed by atoms with Crippen LogP contribution in [0.25, 0.3) is 0 Å².